The molecule has 6 nitrogen and oxygen atoms in total. The minimum atomic E-state index is -0.0373. The number of thioether (sulfide) groups is 1. The Kier molecular flexibility index (Phi) is 4.82. The highest BCUT2D eigenvalue weighted by Gasteiger charge is 2.15. The van der Waals surface area contributed by atoms with Crippen LogP contribution in [-0.4, -0.2) is 24.1 Å². The van der Waals surface area contributed by atoms with Crippen LogP contribution in [0.3, 0.4) is 0 Å². The molecule has 0 amide bonds. The minimum Gasteiger partial charge on any atom is -0.306 e. The van der Waals surface area contributed by atoms with E-state index in [-0.39, 0.29) is 5.56 Å². The van der Waals surface area contributed by atoms with Gasteiger partial charge in [0.1, 0.15) is 5.82 Å². The molecule has 0 aliphatic heterocycles. The van der Waals surface area contributed by atoms with E-state index >= 15 is 0 Å². The predicted octanol–water partition coefficient (Wildman–Crippen LogP) is 3.17. The van der Waals surface area contributed by atoms with Crippen LogP contribution in [0.5, 0.6) is 0 Å². The summed E-state index contributed by atoms with van der Waals surface area (Å²) in [6.45, 7) is 7.30. The fraction of sp³-hybridized carbons (Fsp3) is 0.467. The standard InChI is InChI=1S/C15H19N5OS2/c1-4-5-20-13(10(2)3)17-18-15(20)23-9-11-8-12(21)19-6-7-22-14(19)16-11/h6-8,10H,4-5,9H2,1-3H3. The van der Waals surface area contributed by atoms with Gasteiger partial charge in [0.15, 0.2) is 10.1 Å². The smallest absolute Gasteiger partial charge is 0.258 e. The van der Waals surface area contributed by atoms with Gasteiger partial charge in [-0.15, -0.1) is 21.5 Å². The van der Waals surface area contributed by atoms with Crippen molar-refractivity contribution in [3.05, 3.63) is 39.5 Å². The maximum absolute atomic E-state index is 12.0. The molecule has 8 heteroatoms. The van der Waals surface area contributed by atoms with Gasteiger partial charge in [0, 0.05) is 35.9 Å². The molecule has 0 radical (unpaired) electrons. The fourth-order valence-corrected chi connectivity index (χ4v) is 3.97. The van der Waals surface area contributed by atoms with E-state index in [1.165, 1.54) is 11.3 Å². The molecule has 0 atom stereocenters. The molecular formula is C15H19N5OS2. The summed E-state index contributed by atoms with van der Waals surface area (Å²) >= 11 is 3.05. The molecule has 0 fully saturated rings. The van der Waals surface area contributed by atoms with Crippen molar-refractivity contribution < 1.29 is 0 Å². The summed E-state index contributed by atoms with van der Waals surface area (Å²) in [5.41, 5.74) is 0.740. The van der Waals surface area contributed by atoms with Crippen LogP contribution in [0.1, 0.15) is 44.6 Å². The first-order valence-electron chi connectivity index (χ1n) is 7.61. The third-order valence-corrected chi connectivity index (χ3v) is 5.17. The van der Waals surface area contributed by atoms with Crippen molar-refractivity contribution in [3.63, 3.8) is 0 Å². The van der Waals surface area contributed by atoms with Gasteiger partial charge in [-0.25, -0.2) is 4.98 Å². The van der Waals surface area contributed by atoms with Crippen LogP contribution in [0.2, 0.25) is 0 Å². The van der Waals surface area contributed by atoms with Gasteiger partial charge in [0.25, 0.3) is 5.56 Å². The summed E-state index contributed by atoms with van der Waals surface area (Å²) in [7, 11) is 0. The monoisotopic (exact) mass is 349 g/mol. The topological polar surface area (TPSA) is 65.1 Å². The zero-order valence-electron chi connectivity index (χ0n) is 13.4. The van der Waals surface area contributed by atoms with Gasteiger partial charge in [-0.05, 0) is 6.42 Å². The molecule has 0 aliphatic carbocycles. The third-order valence-electron chi connectivity index (χ3n) is 3.41. The van der Waals surface area contributed by atoms with Crippen LogP contribution in [-0.2, 0) is 12.3 Å². The van der Waals surface area contributed by atoms with Crippen LogP contribution in [0.25, 0.3) is 4.96 Å². The molecule has 0 unspecified atom stereocenters. The molecule has 3 aromatic rings. The zero-order chi connectivity index (χ0) is 16.4. The van der Waals surface area contributed by atoms with Gasteiger partial charge < -0.3 is 4.57 Å². The number of nitrogens with zero attached hydrogens (tertiary/aromatic N) is 5. The lowest BCUT2D eigenvalue weighted by atomic mass is 10.2. The molecule has 3 aromatic heterocycles. The molecule has 0 saturated carbocycles. The van der Waals surface area contributed by atoms with Crippen LogP contribution in [0, 0.1) is 0 Å². The van der Waals surface area contributed by atoms with Crippen LogP contribution in [0.4, 0.5) is 0 Å². The number of hydrogen-bond donors (Lipinski definition) is 0. The van der Waals surface area contributed by atoms with Crippen molar-refractivity contribution in [2.45, 2.75) is 50.6 Å². The Bertz CT molecular complexity index is 864. The van der Waals surface area contributed by atoms with Crippen LogP contribution in [0.15, 0.2) is 27.6 Å². The average molecular weight is 349 g/mol. The Morgan fingerprint density at radius 1 is 1.35 bits per heavy atom. The molecule has 0 saturated heterocycles. The first-order valence-corrected chi connectivity index (χ1v) is 9.48. The molecule has 122 valence electrons. The van der Waals surface area contributed by atoms with Crippen molar-refractivity contribution in [2.75, 3.05) is 0 Å². The molecule has 0 aliphatic rings. The highest BCUT2D eigenvalue weighted by molar-refractivity contribution is 7.98. The second-order valence-electron chi connectivity index (χ2n) is 5.58. The molecule has 3 heterocycles. The van der Waals surface area contributed by atoms with Gasteiger partial charge in [-0.2, -0.15) is 0 Å². The highest BCUT2D eigenvalue weighted by atomic mass is 32.2. The van der Waals surface area contributed by atoms with Crippen molar-refractivity contribution >= 4 is 28.1 Å². The number of fused-ring (bicyclic) bond motifs is 1. The number of hydrogen-bond acceptors (Lipinski definition) is 6. The average Bonchev–Trinajstić information content (AvgIpc) is 3.12. The summed E-state index contributed by atoms with van der Waals surface area (Å²) in [5, 5.41) is 11.4. The zero-order valence-corrected chi connectivity index (χ0v) is 15.0. The summed E-state index contributed by atoms with van der Waals surface area (Å²) in [6.07, 6.45) is 2.78. The van der Waals surface area contributed by atoms with Gasteiger partial charge in [-0.1, -0.05) is 32.5 Å². The van der Waals surface area contributed by atoms with Crippen molar-refractivity contribution in [1.29, 1.82) is 0 Å². The SMILES string of the molecule is CCCn1c(SCc2cc(=O)n3ccsc3n2)nnc1C(C)C. The molecule has 0 spiro atoms. The summed E-state index contributed by atoms with van der Waals surface area (Å²) in [6, 6.07) is 1.59. The second kappa shape index (κ2) is 6.84. The molecule has 0 aromatic carbocycles. The Labute approximate surface area is 142 Å². The summed E-state index contributed by atoms with van der Waals surface area (Å²) in [5.74, 6) is 1.97. The Balaban J connectivity index is 1.83. The van der Waals surface area contributed by atoms with E-state index in [1.807, 2.05) is 5.38 Å². The Hall–Kier alpha value is -1.67. The molecular weight excluding hydrogens is 330 g/mol. The van der Waals surface area contributed by atoms with E-state index in [1.54, 1.807) is 28.4 Å². The highest BCUT2D eigenvalue weighted by Crippen LogP contribution is 2.24. The maximum atomic E-state index is 12.0. The summed E-state index contributed by atoms with van der Waals surface area (Å²) in [4.78, 5) is 17.3. The first kappa shape index (κ1) is 16.2. The van der Waals surface area contributed by atoms with E-state index in [0.29, 0.717) is 11.7 Å². The number of aromatic nitrogens is 5. The second-order valence-corrected chi connectivity index (χ2v) is 7.39. The van der Waals surface area contributed by atoms with Gasteiger partial charge in [0.2, 0.25) is 0 Å². The number of thiazole rings is 1. The predicted molar refractivity (Wildman–Crippen MR) is 93.3 cm³/mol. The molecule has 0 bridgehead atoms. The fourth-order valence-electron chi connectivity index (χ4n) is 2.37. The van der Waals surface area contributed by atoms with E-state index < -0.39 is 0 Å². The largest absolute Gasteiger partial charge is 0.306 e. The van der Waals surface area contributed by atoms with E-state index in [9.17, 15) is 4.79 Å². The number of rotatable bonds is 6. The quantitative estimate of drug-likeness (QED) is 0.640. The van der Waals surface area contributed by atoms with E-state index in [0.717, 1.165) is 34.6 Å². The lowest BCUT2D eigenvalue weighted by Crippen LogP contribution is -2.12. The van der Waals surface area contributed by atoms with E-state index in [4.69, 9.17) is 0 Å². The molecule has 3 rings (SSSR count). The van der Waals surface area contributed by atoms with Crippen LogP contribution >= 0.6 is 23.1 Å². The van der Waals surface area contributed by atoms with Gasteiger partial charge in [-0.3, -0.25) is 9.20 Å². The minimum absolute atomic E-state index is 0.0373. The first-order chi connectivity index (χ1) is 11.1. The van der Waals surface area contributed by atoms with Crippen molar-refractivity contribution in [1.82, 2.24) is 24.1 Å². The van der Waals surface area contributed by atoms with E-state index in [2.05, 4.69) is 40.5 Å². The van der Waals surface area contributed by atoms with Gasteiger partial charge in [0.05, 0.1) is 5.69 Å². The van der Waals surface area contributed by atoms with Gasteiger partial charge >= 0.3 is 0 Å². The summed E-state index contributed by atoms with van der Waals surface area (Å²) < 4.78 is 3.74. The lowest BCUT2D eigenvalue weighted by molar-refractivity contribution is 0.572. The van der Waals surface area contributed by atoms with Crippen molar-refractivity contribution in [3.8, 4) is 0 Å². The maximum Gasteiger partial charge on any atom is 0.258 e. The molecule has 0 N–H and O–H groups in total. The Morgan fingerprint density at radius 2 is 2.17 bits per heavy atom. The molecule has 23 heavy (non-hydrogen) atoms. The van der Waals surface area contributed by atoms with Crippen molar-refractivity contribution in [2.24, 2.45) is 0 Å². The Morgan fingerprint density at radius 3 is 2.91 bits per heavy atom. The lowest BCUT2D eigenvalue weighted by Gasteiger charge is -2.10. The third kappa shape index (κ3) is 3.32. The van der Waals surface area contributed by atoms with Crippen LogP contribution < -0.4 is 5.56 Å². The normalized spacial score (nSPS) is 11.7.